The number of carbonyl (C=O) groups excluding carboxylic acids is 3. The minimum Gasteiger partial charge on any atom is -0.466 e. The fourth-order valence-electron chi connectivity index (χ4n) is 10.1. The maximum absolute atomic E-state index is 12.6. The first-order valence-corrected chi connectivity index (χ1v) is 32.9. The average molecular weight is 1030 g/mol. The molecule has 0 heterocycles. The summed E-state index contributed by atoms with van der Waals surface area (Å²) in [6, 6.07) is 0. The molecule has 0 saturated carbocycles. The molecule has 0 aliphatic rings. The zero-order valence-electron chi connectivity index (χ0n) is 49.6. The van der Waals surface area contributed by atoms with Crippen LogP contribution in [0.5, 0.6) is 0 Å². The quantitative estimate of drug-likeness (QED) is 0.0366. The fraction of sp³-hybridized carbons (Fsp3) is 0.954. The van der Waals surface area contributed by atoms with Gasteiger partial charge in [-0.3, -0.25) is 14.4 Å². The maximum atomic E-state index is 12.6. The van der Waals surface area contributed by atoms with Crippen LogP contribution in [0.2, 0.25) is 0 Å². The third-order valence-electron chi connectivity index (χ3n) is 15.1. The molecule has 0 spiro atoms. The van der Waals surface area contributed by atoms with E-state index >= 15 is 0 Å². The van der Waals surface area contributed by atoms with Crippen LogP contribution in [-0.2, 0) is 28.6 Å². The van der Waals surface area contributed by atoms with Gasteiger partial charge in [0.15, 0.2) is 0 Å². The van der Waals surface area contributed by atoms with Gasteiger partial charge in [-0.1, -0.05) is 271 Å². The number of rotatable bonds is 63. The van der Waals surface area contributed by atoms with Crippen LogP contribution >= 0.6 is 0 Å². The molecule has 1 N–H and O–H groups in total. The lowest BCUT2D eigenvalue weighted by Gasteiger charge is -2.22. The summed E-state index contributed by atoms with van der Waals surface area (Å²) >= 11 is 0. The van der Waals surface area contributed by atoms with E-state index in [1.807, 2.05) is 0 Å². The molecular weight excluding hydrogens is 905 g/mol. The number of esters is 3. The third kappa shape index (κ3) is 61.1. The number of nitrogens with one attached hydrogen (secondary N) is 1. The van der Waals surface area contributed by atoms with Crippen molar-refractivity contribution in [3.8, 4) is 0 Å². The van der Waals surface area contributed by atoms with Gasteiger partial charge in [-0.05, 0) is 90.5 Å². The topological polar surface area (TPSA) is 94.2 Å². The van der Waals surface area contributed by atoms with Gasteiger partial charge in [0.2, 0.25) is 0 Å². The molecule has 0 aliphatic heterocycles. The second-order valence-electron chi connectivity index (χ2n) is 22.4. The second kappa shape index (κ2) is 62.9. The van der Waals surface area contributed by atoms with Crippen molar-refractivity contribution < 1.29 is 28.6 Å². The molecule has 0 saturated heterocycles. The molecule has 0 rings (SSSR count). The maximum Gasteiger partial charge on any atom is 0.305 e. The van der Waals surface area contributed by atoms with E-state index in [9.17, 15) is 14.4 Å². The lowest BCUT2D eigenvalue weighted by Crippen LogP contribution is -2.28. The SMILES string of the molecule is CCCCCCCCCCCCCCCOC(=O)CCCCCCNCCCCCN(CCCC(=O)OCCCCCCCCCCCCCCC)CCCC(=O)OCCCCCCCCCCCCCCC. The first kappa shape index (κ1) is 71.3. The predicted octanol–water partition coefficient (Wildman–Crippen LogP) is 19.5. The molecule has 8 heteroatoms. The van der Waals surface area contributed by atoms with Gasteiger partial charge < -0.3 is 24.4 Å². The highest BCUT2D eigenvalue weighted by molar-refractivity contribution is 5.69. The summed E-state index contributed by atoms with van der Waals surface area (Å²) in [5.74, 6) is -0.161. The van der Waals surface area contributed by atoms with Crippen molar-refractivity contribution in [1.29, 1.82) is 0 Å². The van der Waals surface area contributed by atoms with E-state index in [-0.39, 0.29) is 17.9 Å². The Labute approximate surface area is 455 Å². The second-order valence-corrected chi connectivity index (χ2v) is 22.4. The lowest BCUT2D eigenvalue weighted by atomic mass is 10.0. The highest BCUT2D eigenvalue weighted by Crippen LogP contribution is 2.16. The highest BCUT2D eigenvalue weighted by Gasteiger charge is 2.11. The van der Waals surface area contributed by atoms with Crippen molar-refractivity contribution in [3.05, 3.63) is 0 Å². The molecule has 0 aliphatic carbocycles. The number of hydrogen-bond donors (Lipinski definition) is 1. The number of carbonyl (C=O) groups is 3. The minimum absolute atomic E-state index is 0.0218. The van der Waals surface area contributed by atoms with E-state index in [0.717, 1.165) is 123 Å². The lowest BCUT2D eigenvalue weighted by molar-refractivity contribution is -0.144. The number of nitrogens with zero attached hydrogens (tertiary/aromatic N) is 1. The summed E-state index contributed by atoms with van der Waals surface area (Å²) in [4.78, 5) is 39.8. The summed E-state index contributed by atoms with van der Waals surface area (Å²) in [7, 11) is 0. The van der Waals surface area contributed by atoms with Gasteiger partial charge in [-0.2, -0.15) is 0 Å². The smallest absolute Gasteiger partial charge is 0.305 e. The summed E-state index contributed by atoms with van der Waals surface area (Å²) in [6.45, 7) is 13.3. The van der Waals surface area contributed by atoms with Crippen molar-refractivity contribution in [2.24, 2.45) is 0 Å². The van der Waals surface area contributed by atoms with Crippen LogP contribution in [0, 0.1) is 0 Å². The standard InChI is InChI=1S/C65H128N2O6/c1-4-7-10-13-16-19-22-25-28-31-34-39-47-60-71-63(68)52-43-37-38-44-55-66-56-45-42-46-57-67(58-50-53-64(69)72-61-48-40-35-32-29-26-23-20-17-14-11-8-5-2)59-51-54-65(70)73-62-49-41-36-33-30-27-24-21-18-15-12-9-6-3/h66H,4-62H2,1-3H3. The molecule has 0 aromatic heterocycles. The van der Waals surface area contributed by atoms with Crippen LogP contribution in [0.15, 0.2) is 0 Å². The summed E-state index contributed by atoms with van der Waals surface area (Å²) in [5.41, 5.74) is 0. The largest absolute Gasteiger partial charge is 0.466 e. The molecular formula is C65H128N2O6. The van der Waals surface area contributed by atoms with Crippen LogP contribution < -0.4 is 5.32 Å². The zero-order valence-corrected chi connectivity index (χ0v) is 49.6. The zero-order chi connectivity index (χ0) is 52.9. The Morgan fingerprint density at radius 2 is 0.479 bits per heavy atom. The Bertz CT molecular complexity index is 1050. The fourth-order valence-corrected chi connectivity index (χ4v) is 10.1. The molecule has 0 aromatic rings. The highest BCUT2D eigenvalue weighted by atomic mass is 16.5. The Balaban J connectivity index is 4.16. The minimum atomic E-state index is -0.0698. The monoisotopic (exact) mass is 1030 g/mol. The van der Waals surface area contributed by atoms with E-state index in [0.29, 0.717) is 39.1 Å². The van der Waals surface area contributed by atoms with Gasteiger partial charge in [0.25, 0.3) is 0 Å². The summed E-state index contributed by atoms with van der Waals surface area (Å²) in [5, 5.41) is 3.62. The molecule has 73 heavy (non-hydrogen) atoms. The third-order valence-corrected chi connectivity index (χ3v) is 15.1. The Morgan fingerprint density at radius 3 is 0.781 bits per heavy atom. The van der Waals surface area contributed by atoms with E-state index in [1.165, 1.54) is 218 Å². The Morgan fingerprint density at radius 1 is 0.260 bits per heavy atom. The molecule has 0 atom stereocenters. The Kier molecular flexibility index (Phi) is 61.4. The number of hydrogen-bond acceptors (Lipinski definition) is 8. The van der Waals surface area contributed by atoms with Crippen LogP contribution in [0.3, 0.4) is 0 Å². The molecule has 0 fully saturated rings. The van der Waals surface area contributed by atoms with Crippen LogP contribution in [0.1, 0.15) is 348 Å². The van der Waals surface area contributed by atoms with Gasteiger partial charge in [0, 0.05) is 19.3 Å². The van der Waals surface area contributed by atoms with E-state index in [1.54, 1.807) is 0 Å². The van der Waals surface area contributed by atoms with E-state index in [4.69, 9.17) is 14.2 Å². The van der Waals surface area contributed by atoms with Crippen molar-refractivity contribution in [2.75, 3.05) is 52.5 Å². The van der Waals surface area contributed by atoms with Crippen molar-refractivity contribution >= 4 is 17.9 Å². The van der Waals surface area contributed by atoms with Crippen molar-refractivity contribution in [2.45, 2.75) is 348 Å². The van der Waals surface area contributed by atoms with Gasteiger partial charge in [0.05, 0.1) is 19.8 Å². The van der Waals surface area contributed by atoms with Crippen molar-refractivity contribution in [1.82, 2.24) is 10.2 Å². The number of ether oxygens (including phenoxy) is 3. The average Bonchev–Trinajstić information content (AvgIpc) is 3.39. The molecule has 0 bridgehead atoms. The van der Waals surface area contributed by atoms with Gasteiger partial charge in [-0.25, -0.2) is 0 Å². The van der Waals surface area contributed by atoms with Crippen LogP contribution in [-0.4, -0.2) is 75.4 Å². The molecule has 434 valence electrons. The van der Waals surface area contributed by atoms with Gasteiger partial charge >= 0.3 is 17.9 Å². The van der Waals surface area contributed by atoms with E-state index < -0.39 is 0 Å². The summed E-state index contributed by atoms with van der Waals surface area (Å²) < 4.78 is 16.7. The molecule has 0 radical (unpaired) electrons. The van der Waals surface area contributed by atoms with Crippen molar-refractivity contribution in [3.63, 3.8) is 0 Å². The van der Waals surface area contributed by atoms with E-state index in [2.05, 4.69) is 31.0 Å². The molecule has 0 aromatic carbocycles. The van der Waals surface area contributed by atoms with Crippen LogP contribution in [0.25, 0.3) is 0 Å². The normalized spacial score (nSPS) is 11.5. The first-order valence-electron chi connectivity index (χ1n) is 32.9. The van der Waals surface area contributed by atoms with Crippen LogP contribution in [0.4, 0.5) is 0 Å². The molecule has 0 amide bonds. The van der Waals surface area contributed by atoms with Gasteiger partial charge in [-0.15, -0.1) is 0 Å². The van der Waals surface area contributed by atoms with Gasteiger partial charge in [0.1, 0.15) is 0 Å². The molecule has 8 nitrogen and oxygen atoms in total. The Hall–Kier alpha value is -1.67. The number of unbranched alkanes of at least 4 members (excludes halogenated alkanes) is 41. The predicted molar refractivity (Wildman–Crippen MR) is 315 cm³/mol. The first-order chi connectivity index (χ1) is 36.0. The molecule has 0 unspecified atom stereocenters. The summed E-state index contributed by atoms with van der Waals surface area (Å²) in [6.07, 6.45) is 62.2.